The maximum atomic E-state index is 13.8. The van der Waals surface area contributed by atoms with Gasteiger partial charge in [-0.25, -0.2) is 4.98 Å². The van der Waals surface area contributed by atoms with Gasteiger partial charge < -0.3 is 34.3 Å². The minimum atomic E-state index is -0.387. The molecule has 4 aromatic rings. The van der Waals surface area contributed by atoms with Crippen LogP contribution in [-0.2, 0) is 17.9 Å². The Morgan fingerprint density at radius 2 is 1.60 bits per heavy atom. The van der Waals surface area contributed by atoms with Crippen molar-refractivity contribution in [2.45, 2.75) is 20.1 Å². The highest BCUT2D eigenvalue weighted by Gasteiger charge is 2.22. The van der Waals surface area contributed by atoms with Crippen LogP contribution in [0.25, 0.3) is 0 Å². The standard InChI is InChI=1S/C30H31N5O7/c1-18(36)34-23-12-19(9-10-24(23)38-2)15-32-29-22(16-33-30(35-29)42-17-21-8-6-7-11-31-21)27(37)20-13-25(39-3)28(41-5)26(14-20)40-4/h6-14,16H,15,17H2,1-5H3,(H,34,36)(H,32,33,35). The van der Waals surface area contributed by atoms with Gasteiger partial charge in [-0.3, -0.25) is 14.6 Å². The smallest absolute Gasteiger partial charge is 0.318 e. The van der Waals surface area contributed by atoms with Gasteiger partial charge in [-0.15, -0.1) is 0 Å². The Morgan fingerprint density at radius 3 is 2.21 bits per heavy atom. The third-order valence-electron chi connectivity index (χ3n) is 6.05. The zero-order chi connectivity index (χ0) is 30.1. The minimum Gasteiger partial charge on any atom is -0.495 e. The van der Waals surface area contributed by atoms with E-state index in [2.05, 4.69) is 25.6 Å². The maximum absolute atomic E-state index is 13.8. The number of ether oxygens (including phenoxy) is 5. The predicted molar refractivity (Wildman–Crippen MR) is 155 cm³/mol. The average molecular weight is 574 g/mol. The van der Waals surface area contributed by atoms with Crippen LogP contribution in [0.2, 0.25) is 0 Å². The molecule has 218 valence electrons. The van der Waals surface area contributed by atoms with Crippen molar-refractivity contribution in [3.8, 4) is 29.0 Å². The number of benzene rings is 2. The fourth-order valence-electron chi connectivity index (χ4n) is 4.06. The molecule has 2 aromatic carbocycles. The molecule has 0 aliphatic rings. The summed E-state index contributed by atoms with van der Waals surface area (Å²) in [5.74, 6) is 1.14. The van der Waals surface area contributed by atoms with Crippen LogP contribution in [0, 0.1) is 0 Å². The third-order valence-corrected chi connectivity index (χ3v) is 6.05. The van der Waals surface area contributed by atoms with E-state index in [-0.39, 0.29) is 47.8 Å². The van der Waals surface area contributed by atoms with Crippen LogP contribution in [-0.4, -0.2) is 55.1 Å². The highest BCUT2D eigenvalue weighted by atomic mass is 16.5. The van der Waals surface area contributed by atoms with Gasteiger partial charge in [0.25, 0.3) is 0 Å². The van der Waals surface area contributed by atoms with Crippen LogP contribution < -0.4 is 34.3 Å². The van der Waals surface area contributed by atoms with Crippen molar-refractivity contribution in [1.29, 1.82) is 0 Å². The van der Waals surface area contributed by atoms with Gasteiger partial charge in [0.15, 0.2) is 17.3 Å². The first-order valence-corrected chi connectivity index (χ1v) is 12.8. The summed E-state index contributed by atoms with van der Waals surface area (Å²) in [6.45, 7) is 1.81. The number of carbonyl (C=O) groups is 2. The molecule has 0 saturated heterocycles. The number of carbonyl (C=O) groups excluding carboxylic acids is 2. The van der Waals surface area contributed by atoms with Crippen LogP contribution >= 0.6 is 0 Å². The molecular formula is C30H31N5O7. The number of nitrogens with zero attached hydrogens (tertiary/aromatic N) is 3. The van der Waals surface area contributed by atoms with E-state index < -0.39 is 0 Å². The van der Waals surface area contributed by atoms with Crippen molar-refractivity contribution in [2.24, 2.45) is 0 Å². The number of ketones is 1. The molecule has 2 N–H and O–H groups in total. The Kier molecular flexibility index (Phi) is 9.72. The SMILES string of the molecule is COc1ccc(CNc2nc(OCc3ccccn3)ncc2C(=O)c2cc(OC)c(OC)c(OC)c2)cc1NC(C)=O. The first-order valence-electron chi connectivity index (χ1n) is 12.8. The van der Waals surface area contributed by atoms with Crippen LogP contribution in [0.15, 0.2) is 60.9 Å². The zero-order valence-corrected chi connectivity index (χ0v) is 23.9. The molecule has 0 spiro atoms. The van der Waals surface area contributed by atoms with E-state index in [4.69, 9.17) is 23.7 Å². The van der Waals surface area contributed by atoms with Gasteiger partial charge >= 0.3 is 6.01 Å². The Labute approximate surface area is 243 Å². The molecule has 0 atom stereocenters. The number of hydrogen-bond donors (Lipinski definition) is 2. The molecule has 12 heteroatoms. The van der Waals surface area contributed by atoms with Crippen molar-refractivity contribution in [3.05, 3.63) is 83.3 Å². The summed E-state index contributed by atoms with van der Waals surface area (Å²) in [4.78, 5) is 38.5. The van der Waals surface area contributed by atoms with E-state index in [1.807, 2.05) is 24.3 Å². The Balaban J connectivity index is 1.68. The minimum absolute atomic E-state index is 0.0539. The van der Waals surface area contributed by atoms with Gasteiger partial charge in [0.1, 0.15) is 18.2 Å². The highest BCUT2D eigenvalue weighted by Crippen LogP contribution is 2.39. The van der Waals surface area contributed by atoms with Crippen molar-refractivity contribution in [3.63, 3.8) is 0 Å². The van der Waals surface area contributed by atoms with E-state index in [1.165, 1.54) is 41.6 Å². The predicted octanol–water partition coefficient (Wildman–Crippen LogP) is 4.29. The highest BCUT2D eigenvalue weighted by molar-refractivity contribution is 6.12. The number of anilines is 2. The van der Waals surface area contributed by atoms with E-state index in [9.17, 15) is 9.59 Å². The summed E-state index contributed by atoms with van der Waals surface area (Å²) in [6.07, 6.45) is 3.06. The lowest BCUT2D eigenvalue weighted by Crippen LogP contribution is -2.13. The maximum Gasteiger partial charge on any atom is 0.318 e. The lowest BCUT2D eigenvalue weighted by Gasteiger charge is -2.16. The normalized spacial score (nSPS) is 10.4. The number of pyridine rings is 1. The molecule has 2 aromatic heterocycles. The van der Waals surface area contributed by atoms with Crippen molar-refractivity contribution >= 4 is 23.2 Å². The van der Waals surface area contributed by atoms with Gasteiger partial charge in [-0.1, -0.05) is 12.1 Å². The molecule has 2 heterocycles. The quantitative estimate of drug-likeness (QED) is 0.221. The summed E-state index contributed by atoms with van der Waals surface area (Å²) in [7, 11) is 5.95. The van der Waals surface area contributed by atoms with E-state index in [0.29, 0.717) is 34.4 Å². The molecule has 0 fully saturated rings. The molecule has 12 nitrogen and oxygen atoms in total. The van der Waals surface area contributed by atoms with Gasteiger partial charge in [0.05, 0.1) is 45.4 Å². The largest absolute Gasteiger partial charge is 0.495 e. The number of hydrogen-bond acceptors (Lipinski definition) is 11. The number of methoxy groups -OCH3 is 4. The van der Waals surface area contributed by atoms with Crippen LogP contribution in [0.4, 0.5) is 11.5 Å². The number of nitrogens with one attached hydrogen (secondary N) is 2. The Hall–Kier alpha value is -5.39. The monoisotopic (exact) mass is 573 g/mol. The molecular weight excluding hydrogens is 542 g/mol. The third kappa shape index (κ3) is 7.02. The molecule has 1 amide bonds. The second-order valence-electron chi connectivity index (χ2n) is 8.84. The average Bonchev–Trinajstić information content (AvgIpc) is 3.02. The first kappa shape index (κ1) is 29.6. The Bertz CT molecular complexity index is 1540. The molecule has 4 rings (SSSR count). The summed E-state index contributed by atoms with van der Waals surface area (Å²) in [5.41, 5.74) is 2.46. The van der Waals surface area contributed by atoms with Crippen molar-refractivity contribution in [1.82, 2.24) is 15.0 Å². The molecule has 0 aliphatic heterocycles. The summed E-state index contributed by atoms with van der Waals surface area (Å²) < 4.78 is 27.3. The topological polar surface area (TPSA) is 143 Å². The van der Waals surface area contributed by atoms with Crippen LogP contribution in [0.1, 0.15) is 34.1 Å². The molecule has 0 bridgehead atoms. The van der Waals surface area contributed by atoms with Gasteiger partial charge in [-0.2, -0.15) is 4.98 Å². The fourth-order valence-corrected chi connectivity index (χ4v) is 4.06. The van der Waals surface area contributed by atoms with E-state index in [0.717, 1.165) is 5.56 Å². The van der Waals surface area contributed by atoms with Gasteiger partial charge in [0, 0.05) is 31.4 Å². The molecule has 0 unspecified atom stereocenters. The first-order chi connectivity index (χ1) is 20.4. The van der Waals surface area contributed by atoms with Gasteiger partial charge in [0.2, 0.25) is 11.7 Å². The zero-order valence-electron chi connectivity index (χ0n) is 23.9. The second-order valence-corrected chi connectivity index (χ2v) is 8.84. The van der Waals surface area contributed by atoms with Crippen molar-refractivity contribution < 1.29 is 33.3 Å². The van der Waals surface area contributed by atoms with Crippen LogP contribution in [0.3, 0.4) is 0 Å². The number of amides is 1. The fraction of sp³-hybridized carbons (Fsp3) is 0.233. The second kappa shape index (κ2) is 13.8. The molecule has 0 aliphatic carbocycles. The summed E-state index contributed by atoms with van der Waals surface area (Å²) in [6, 6.07) is 14.0. The van der Waals surface area contributed by atoms with Crippen molar-refractivity contribution in [2.75, 3.05) is 39.1 Å². The van der Waals surface area contributed by atoms with E-state index in [1.54, 1.807) is 30.5 Å². The lowest BCUT2D eigenvalue weighted by molar-refractivity contribution is -0.114. The Morgan fingerprint density at radius 1 is 0.857 bits per heavy atom. The van der Waals surface area contributed by atoms with Gasteiger partial charge in [-0.05, 0) is 42.0 Å². The van der Waals surface area contributed by atoms with E-state index >= 15 is 0 Å². The molecule has 0 saturated carbocycles. The number of aromatic nitrogens is 3. The summed E-state index contributed by atoms with van der Waals surface area (Å²) >= 11 is 0. The lowest BCUT2D eigenvalue weighted by atomic mass is 10.0. The molecule has 0 radical (unpaired) electrons. The molecule has 42 heavy (non-hydrogen) atoms. The summed E-state index contributed by atoms with van der Waals surface area (Å²) in [5, 5.41) is 5.96. The van der Waals surface area contributed by atoms with Crippen LogP contribution in [0.5, 0.6) is 29.0 Å². The number of rotatable bonds is 13.